The number of aromatic nitrogens is 2. The highest BCUT2D eigenvalue weighted by atomic mass is 16.3. The molecule has 2 aromatic heterocycles. The van der Waals surface area contributed by atoms with Gasteiger partial charge in [-0.25, -0.2) is 4.57 Å². The fourth-order valence-electron chi connectivity index (χ4n) is 3.32. The van der Waals surface area contributed by atoms with Gasteiger partial charge in [-0.05, 0) is 17.7 Å². The van der Waals surface area contributed by atoms with Gasteiger partial charge in [-0.3, -0.25) is 4.79 Å². The van der Waals surface area contributed by atoms with Crippen molar-refractivity contribution in [2.45, 2.75) is 19.2 Å². The van der Waals surface area contributed by atoms with Crippen molar-refractivity contribution in [3.05, 3.63) is 90.0 Å². The molecule has 0 unspecified atom stereocenters. The van der Waals surface area contributed by atoms with Crippen molar-refractivity contribution in [1.29, 1.82) is 0 Å². The minimum absolute atomic E-state index is 0.0218. The molecule has 0 fully saturated rings. The third-order valence-corrected chi connectivity index (χ3v) is 4.66. The summed E-state index contributed by atoms with van der Waals surface area (Å²) in [6.07, 6.45) is 5.01. The summed E-state index contributed by atoms with van der Waals surface area (Å²) < 4.78 is 3.97. The first kappa shape index (κ1) is 14.8. The molecule has 3 aromatic rings. The van der Waals surface area contributed by atoms with Crippen molar-refractivity contribution >= 4 is 5.78 Å². The molecular weight excluding hydrogens is 300 g/mol. The standard InChI is InChI=1S/C20H19N2O2/c23-19(17-14-22-10-4-7-18(22)20(17)24)16-8-11-21(12-9-16)13-15-5-2-1-3-6-15/h1-12,17,19,23H,13-14H2/q+1/t17-,19-/m0/s1. The van der Waals surface area contributed by atoms with E-state index in [1.165, 1.54) is 5.56 Å². The Hall–Kier alpha value is -2.72. The molecule has 1 aliphatic rings. The number of ketones is 1. The van der Waals surface area contributed by atoms with Crippen LogP contribution in [-0.2, 0) is 13.1 Å². The highest BCUT2D eigenvalue weighted by Crippen LogP contribution is 2.31. The van der Waals surface area contributed by atoms with Crippen LogP contribution in [0.5, 0.6) is 0 Å². The van der Waals surface area contributed by atoms with Crippen molar-refractivity contribution in [3.8, 4) is 0 Å². The number of Topliss-reactive ketones (excluding diaryl/α,β-unsaturated/α-hetero) is 1. The molecule has 0 amide bonds. The zero-order valence-electron chi connectivity index (χ0n) is 13.2. The molecular formula is C20H19N2O2+. The fraction of sp³-hybridized carbons (Fsp3) is 0.200. The number of pyridine rings is 1. The van der Waals surface area contributed by atoms with Crippen molar-refractivity contribution < 1.29 is 14.5 Å². The number of fused-ring (bicyclic) bond motifs is 1. The van der Waals surface area contributed by atoms with E-state index in [-0.39, 0.29) is 5.78 Å². The van der Waals surface area contributed by atoms with Crippen molar-refractivity contribution in [1.82, 2.24) is 4.57 Å². The van der Waals surface area contributed by atoms with Gasteiger partial charge in [0.05, 0.1) is 17.7 Å². The number of benzene rings is 1. The lowest BCUT2D eigenvalue weighted by Crippen LogP contribution is -2.33. The van der Waals surface area contributed by atoms with Crippen LogP contribution in [0.1, 0.15) is 27.7 Å². The van der Waals surface area contributed by atoms with Crippen molar-refractivity contribution in [2.24, 2.45) is 5.92 Å². The minimum Gasteiger partial charge on any atom is -0.388 e. The summed E-state index contributed by atoms with van der Waals surface area (Å²) in [5.41, 5.74) is 2.69. The first-order chi connectivity index (χ1) is 11.7. The topological polar surface area (TPSA) is 46.1 Å². The average molecular weight is 319 g/mol. The summed E-state index contributed by atoms with van der Waals surface area (Å²) in [6, 6.07) is 17.7. The molecule has 2 atom stereocenters. The van der Waals surface area contributed by atoms with Crippen molar-refractivity contribution in [2.75, 3.05) is 0 Å². The quantitative estimate of drug-likeness (QED) is 0.751. The predicted molar refractivity (Wildman–Crippen MR) is 89.4 cm³/mol. The van der Waals surface area contributed by atoms with Crippen LogP contribution in [-0.4, -0.2) is 15.5 Å². The van der Waals surface area contributed by atoms with Gasteiger partial charge in [0.25, 0.3) is 0 Å². The first-order valence-corrected chi connectivity index (χ1v) is 8.13. The zero-order chi connectivity index (χ0) is 16.5. The zero-order valence-corrected chi connectivity index (χ0v) is 13.2. The highest BCUT2D eigenvalue weighted by molar-refractivity contribution is 5.98. The van der Waals surface area contributed by atoms with Crippen molar-refractivity contribution in [3.63, 3.8) is 0 Å². The van der Waals surface area contributed by atoms with Gasteiger partial charge in [0.1, 0.15) is 0 Å². The molecule has 0 saturated heterocycles. The van der Waals surface area contributed by atoms with E-state index in [0.29, 0.717) is 12.2 Å². The molecule has 4 heteroatoms. The number of carbonyl (C=O) groups is 1. The van der Waals surface area contributed by atoms with E-state index >= 15 is 0 Å². The number of hydrogen-bond acceptors (Lipinski definition) is 2. The average Bonchev–Trinajstić information content (AvgIpc) is 3.19. The monoisotopic (exact) mass is 319 g/mol. The molecule has 1 aliphatic heterocycles. The van der Waals surface area contributed by atoms with E-state index < -0.39 is 12.0 Å². The van der Waals surface area contributed by atoms with Gasteiger partial charge < -0.3 is 9.67 Å². The van der Waals surface area contributed by atoms with Crippen LogP contribution >= 0.6 is 0 Å². The van der Waals surface area contributed by atoms with E-state index in [4.69, 9.17) is 0 Å². The Morgan fingerprint density at radius 2 is 1.83 bits per heavy atom. The van der Waals surface area contributed by atoms with E-state index in [2.05, 4.69) is 16.7 Å². The van der Waals surface area contributed by atoms with Crippen LogP contribution in [0.15, 0.2) is 73.2 Å². The molecule has 0 spiro atoms. The third-order valence-electron chi connectivity index (χ3n) is 4.66. The van der Waals surface area contributed by atoms with Crippen LogP contribution in [0.4, 0.5) is 0 Å². The largest absolute Gasteiger partial charge is 0.388 e. The summed E-state index contributed by atoms with van der Waals surface area (Å²) in [5.74, 6) is -0.375. The molecule has 0 bridgehead atoms. The second kappa shape index (κ2) is 6.06. The summed E-state index contributed by atoms with van der Waals surface area (Å²) in [5, 5.41) is 10.6. The van der Waals surface area contributed by atoms with Gasteiger partial charge in [0.2, 0.25) is 0 Å². The molecule has 1 N–H and O–H groups in total. The van der Waals surface area contributed by atoms with Gasteiger partial charge >= 0.3 is 0 Å². The van der Waals surface area contributed by atoms with Crippen LogP contribution < -0.4 is 4.57 Å². The number of aliphatic hydroxyl groups excluding tert-OH is 1. The molecule has 4 rings (SSSR count). The molecule has 0 radical (unpaired) electrons. The molecule has 24 heavy (non-hydrogen) atoms. The number of carbonyl (C=O) groups excluding carboxylic acids is 1. The van der Waals surface area contributed by atoms with E-state index in [0.717, 1.165) is 12.1 Å². The van der Waals surface area contributed by atoms with E-state index in [1.54, 1.807) is 0 Å². The Labute approximate surface area is 140 Å². The maximum atomic E-state index is 12.4. The van der Waals surface area contributed by atoms with Crippen LogP contribution in [0.2, 0.25) is 0 Å². The third kappa shape index (κ3) is 2.65. The maximum Gasteiger partial charge on any atom is 0.187 e. The Balaban J connectivity index is 1.49. The smallest absolute Gasteiger partial charge is 0.187 e. The summed E-state index contributed by atoms with van der Waals surface area (Å²) in [7, 11) is 0. The second-order valence-electron chi connectivity index (χ2n) is 6.25. The number of rotatable bonds is 4. The van der Waals surface area contributed by atoms with Gasteiger partial charge in [-0.2, -0.15) is 0 Å². The Kier molecular flexibility index (Phi) is 3.75. The Morgan fingerprint density at radius 3 is 2.54 bits per heavy atom. The number of nitrogens with zero attached hydrogens (tertiary/aromatic N) is 2. The van der Waals surface area contributed by atoms with Gasteiger partial charge in [-0.1, -0.05) is 30.3 Å². The minimum atomic E-state index is -0.774. The number of aliphatic hydroxyl groups is 1. The Morgan fingerprint density at radius 1 is 1.08 bits per heavy atom. The SMILES string of the molecule is O=C1c2cccn2C[C@H]1[C@@H](O)c1cc[n+](Cc2ccccc2)cc1. The predicted octanol–water partition coefficient (Wildman–Crippen LogP) is 2.37. The first-order valence-electron chi connectivity index (χ1n) is 8.13. The van der Waals surface area contributed by atoms with Gasteiger partial charge in [-0.15, -0.1) is 0 Å². The van der Waals surface area contributed by atoms with Crippen LogP contribution in [0.3, 0.4) is 0 Å². The summed E-state index contributed by atoms with van der Waals surface area (Å²) in [4.78, 5) is 12.4. The maximum absolute atomic E-state index is 12.4. The van der Waals surface area contributed by atoms with Crippen LogP contribution in [0.25, 0.3) is 0 Å². The normalized spacial score (nSPS) is 17.7. The summed E-state index contributed by atoms with van der Waals surface area (Å²) >= 11 is 0. The lowest BCUT2D eigenvalue weighted by molar-refractivity contribution is -0.688. The molecule has 3 heterocycles. The highest BCUT2D eigenvalue weighted by Gasteiger charge is 2.36. The van der Waals surface area contributed by atoms with E-state index in [1.807, 2.05) is 65.6 Å². The van der Waals surface area contributed by atoms with E-state index in [9.17, 15) is 9.90 Å². The Bertz CT molecular complexity index is 853. The molecule has 4 nitrogen and oxygen atoms in total. The van der Waals surface area contributed by atoms with Gasteiger partial charge in [0, 0.05) is 30.4 Å². The fourth-order valence-corrected chi connectivity index (χ4v) is 3.32. The summed E-state index contributed by atoms with van der Waals surface area (Å²) in [6.45, 7) is 1.33. The molecule has 1 aromatic carbocycles. The molecule has 0 aliphatic carbocycles. The second-order valence-corrected chi connectivity index (χ2v) is 6.25. The van der Waals surface area contributed by atoms with Crippen LogP contribution in [0, 0.1) is 5.92 Å². The molecule has 120 valence electrons. The number of hydrogen-bond donors (Lipinski definition) is 1. The lowest BCUT2D eigenvalue weighted by atomic mass is 9.93. The molecule has 0 saturated carbocycles. The van der Waals surface area contributed by atoms with Gasteiger partial charge in [0.15, 0.2) is 24.7 Å². The lowest BCUT2D eigenvalue weighted by Gasteiger charge is -2.16.